The van der Waals surface area contributed by atoms with E-state index in [1.807, 2.05) is 6.07 Å². The Bertz CT molecular complexity index is 573. The van der Waals surface area contributed by atoms with Gasteiger partial charge in [-0.3, -0.25) is 5.32 Å². The van der Waals surface area contributed by atoms with Crippen molar-refractivity contribution in [2.45, 2.75) is 13.5 Å². The lowest BCUT2D eigenvalue weighted by atomic mass is 10.2. The highest BCUT2D eigenvalue weighted by atomic mass is 31.1. The van der Waals surface area contributed by atoms with Gasteiger partial charge in [0, 0.05) is 6.61 Å². The molecule has 124 valence electrons. The van der Waals surface area contributed by atoms with E-state index in [1.165, 1.54) is 6.08 Å². The van der Waals surface area contributed by atoms with Gasteiger partial charge >= 0.3 is 19.9 Å². The van der Waals surface area contributed by atoms with Gasteiger partial charge in [0.05, 0.1) is 0 Å². The third-order valence-electron chi connectivity index (χ3n) is 2.62. The number of hydrogen-bond acceptors (Lipinski definition) is 5. The number of carbonyl (C=O) groups excluding carboxylic acids is 1. The monoisotopic (exact) mass is 340 g/mol. The molecule has 7 nitrogen and oxygen atoms in total. The van der Waals surface area contributed by atoms with E-state index in [9.17, 15) is 14.2 Å². The Morgan fingerprint density at radius 2 is 2.00 bits per heavy atom. The molecule has 1 atom stereocenters. The van der Waals surface area contributed by atoms with Gasteiger partial charge in [-0.15, -0.1) is 0 Å². The fourth-order valence-electron chi connectivity index (χ4n) is 1.50. The summed E-state index contributed by atoms with van der Waals surface area (Å²) in [6.45, 7) is 2.23. The topological polar surface area (TPSA) is 102 Å². The maximum atomic E-state index is 11.6. The number of hydrogen-bond donors (Lipinski definition) is 2. The fraction of sp³-hybridized carbons (Fsp3) is 0.333. The van der Waals surface area contributed by atoms with Crippen LogP contribution in [0.5, 0.6) is 0 Å². The smallest absolute Gasteiger partial charge is 0.412 e. The molecule has 1 unspecified atom stereocenters. The zero-order valence-corrected chi connectivity index (χ0v) is 13.6. The number of carbonyl (C=O) groups is 2. The summed E-state index contributed by atoms with van der Waals surface area (Å²) < 4.78 is 21.5. The first-order chi connectivity index (χ1) is 11.0. The number of benzene rings is 1. The summed E-state index contributed by atoms with van der Waals surface area (Å²) in [7, 11) is -1.72. The first kappa shape index (κ1) is 18.8. The highest BCUT2D eigenvalue weighted by Gasteiger charge is 2.17. The second-order valence-electron chi connectivity index (χ2n) is 4.40. The normalized spacial score (nSPS) is 11.7. The molecule has 0 bridgehead atoms. The van der Waals surface area contributed by atoms with Gasteiger partial charge in [-0.1, -0.05) is 34.9 Å². The molecule has 1 rings (SSSR count). The SMILES string of the molecule is CCOC[P+](=O)C/C=C(\NC(=O)OCc1ccccc1)C(=O)O. The van der Waals surface area contributed by atoms with Crippen LogP contribution in [0.2, 0.25) is 0 Å². The van der Waals surface area contributed by atoms with Gasteiger partial charge in [-0.25, -0.2) is 9.59 Å². The van der Waals surface area contributed by atoms with E-state index >= 15 is 0 Å². The molecule has 0 aliphatic carbocycles. The van der Waals surface area contributed by atoms with Crippen molar-refractivity contribution in [3.8, 4) is 0 Å². The van der Waals surface area contributed by atoms with Crippen molar-refractivity contribution in [1.29, 1.82) is 0 Å². The Morgan fingerprint density at radius 3 is 2.61 bits per heavy atom. The first-order valence-corrected chi connectivity index (χ1v) is 8.57. The number of aliphatic carboxylic acids is 1. The molecule has 0 heterocycles. The van der Waals surface area contributed by atoms with Crippen molar-refractivity contribution in [3.63, 3.8) is 0 Å². The van der Waals surface area contributed by atoms with E-state index in [0.29, 0.717) is 6.61 Å². The summed E-state index contributed by atoms with van der Waals surface area (Å²) in [6.07, 6.45) is 0.343. The number of allylic oxidation sites excluding steroid dienone is 1. The predicted molar refractivity (Wildman–Crippen MR) is 84.4 cm³/mol. The van der Waals surface area contributed by atoms with Gasteiger partial charge in [0.25, 0.3) is 0 Å². The Kier molecular flexibility index (Phi) is 8.57. The highest BCUT2D eigenvalue weighted by molar-refractivity contribution is 7.44. The molecule has 0 saturated carbocycles. The average molecular weight is 340 g/mol. The predicted octanol–water partition coefficient (Wildman–Crippen LogP) is 2.70. The second kappa shape index (κ2) is 10.5. The van der Waals surface area contributed by atoms with Crippen LogP contribution >= 0.6 is 7.80 Å². The van der Waals surface area contributed by atoms with Gasteiger partial charge < -0.3 is 14.6 Å². The lowest BCUT2D eigenvalue weighted by Gasteiger charge is -2.07. The van der Waals surface area contributed by atoms with Crippen molar-refractivity contribution < 1.29 is 28.7 Å². The van der Waals surface area contributed by atoms with Crippen LogP contribution < -0.4 is 5.32 Å². The number of alkyl carbamates (subject to hydrolysis) is 1. The van der Waals surface area contributed by atoms with Crippen LogP contribution in [0.25, 0.3) is 0 Å². The van der Waals surface area contributed by atoms with E-state index in [4.69, 9.17) is 14.6 Å². The molecule has 23 heavy (non-hydrogen) atoms. The summed E-state index contributed by atoms with van der Waals surface area (Å²) in [5, 5.41) is 11.2. The molecule has 0 radical (unpaired) electrons. The Morgan fingerprint density at radius 1 is 1.30 bits per heavy atom. The first-order valence-electron chi connectivity index (χ1n) is 6.94. The van der Waals surface area contributed by atoms with Gasteiger partial charge in [0.1, 0.15) is 12.3 Å². The van der Waals surface area contributed by atoms with Crippen LogP contribution in [0, 0.1) is 0 Å². The van der Waals surface area contributed by atoms with Crippen molar-refractivity contribution in [2.24, 2.45) is 0 Å². The molecule has 1 amide bonds. The quantitative estimate of drug-likeness (QED) is 0.529. The maximum Gasteiger partial charge on any atom is 0.412 e. The number of ether oxygens (including phenoxy) is 2. The molecule has 1 aromatic rings. The summed E-state index contributed by atoms with van der Waals surface area (Å²) >= 11 is 0. The molecule has 2 N–H and O–H groups in total. The lowest BCUT2D eigenvalue weighted by molar-refractivity contribution is -0.133. The molecular weight excluding hydrogens is 321 g/mol. The molecule has 0 aromatic heterocycles. The standard InChI is InChI=1S/C15H18NO6P/c1-2-21-11-23(20)9-8-13(14(17)18)16-15(19)22-10-12-6-4-3-5-7-12/h3-8H,2,9-11H2,1H3,(H-,16,17,18,19)/p+1/b13-8-. The fourth-order valence-corrected chi connectivity index (χ4v) is 2.38. The van der Waals surface area contributed by atoms with Crippen LogP contribution in [0.1, 0.15) is 12.5 Å². The average Bonchev–Trinajstić information content (AvgIpc) is 2.55. The molecule has 8 heteroatoms. The molecule has 0 fully saturated rings. The van der Waals surface area contributed by atoms with Gasteiger partial charge in [-0.05, 0) is 18.6 Å². The summed E-state index contributed by atoms with van der Waals surface area (Å²) in [6, 6.07) is 8.99. The highest BCUT2D eigenvalue weighted by Crippen LogP contribution is 2.20. The van der Waals surface area contributed by atoms with Gasteiger partial charge in [0.15, 0.2) is 6.16 Å². The lowest BCUT2D eigenvalue weighted by Crippen LogP contribution is -2.28. The van der Waals surface area contributed by atoms with E-state index in [-0.39, 0.29) is 24.8 Å². The van der Waals surface area contributed by atoms with Crippen molar-refractivity contribution in [1.82, 2.24) is 5.32 Å². The molecule has 0 aliphatic rings. The summed E-state index contributed by atoms with van der Waals surface area (Å²) in [5.74, 6) is -1.33. The van der Waals surface area contributed by atoms with Crippen LogP contribution in [0.4, 0.5) is 4.79 Å². The van der Waals surface area contributed by atoms with Crippen molar-refractivity contribution >= 4 is 19.9 Å². The van der Waals surface area contributed by atoms with Crippen molar-refractivity contribution in [2.75, 3.05) is 19.1 Å². The maximum absolute atomic E-state index is 11.6. The minimum absolute atomic E-state index is 0.00404. The summed E-state index contributed by atoms with van der Waals surface area (Å²) in [4.78, 5) is 22.7. The number of amides is 1. The Hall–Kier alpha value is -2.24. The zero-order chi connectivity index (χ0) is 17.1. The molecular formula is C15H19NO6P+. The second-order valence-corrected chi connectivity index (χ2v) is 5.98. The largest absolute Gasteiger partial charge is 0.477 e. The van der Waals surface area contributed by atoms with Crippen LogP contribution in [-0.2, 0) is 25.4 Å². The van der Waals surface area contributed by atoms with Crippen LogP contribution in [-0.4, -0.2) is 36.3 Å². The van der Waals surface area contributed by atoms with Crippen LogP contribution in [0.3, 0.4) is 0 Å². The summed E-state index contributed by atoms with van der Waals surface area (Å²) in [5.41, 5.74) is 0.409. The van der Waals surface area contributed by atoms with Crippen molar-refractivity contribution in [3.05, 3.63) is 47.7 Å². The zero-order valence-electron chi connectivity index (χ0n) is 12.7. The number of carboxylic acid groups (broad SMARTS) is 1. The Balaban J connectivity index is 2.49. The number of nitrogens with one attached hydrogen (secondary N) is 1. The number of rotatable bonds is 9. The van der Waals surface area contributed by atoms with Gasteiger partial charge in [-0.2, -0.15) is 0 Å². The van der Waals surface area contributed by atoms with E-state index in [1.54, 1.807) is 31.2 Å². The van der Waals surface area contributed by atoms with Crippen LogP contribution in [0.15, 0.2) is 42.1 Å². The molecule has 0 aliphatic heterocycles. The minimum Gasteiger partial charge on any atom is -0.477 e. The molecule has 1 aromatic carbocycles. The van der Waals surface area contributed by atoms with E-state index in [0.717, 1.165) is 5.56 Å². The Labute approximate surface area is 135 Å². The van der Waals surface area contributed by atoms with E-state index in [2.05, 4.69) is 5.32 Å². The molecule has 0 saturated heterocycles. The number of carboxylic acids is 1. The third kappa shape index (κ3) is 8.09. The molecule has 0 spiro atoms. The minimum atomic E-state index is -1.72. The van der Waals surface area contributed by atoms with Gasteiger partial charge in [0.2, 0.25) is 6.35 Å². The van der Waals surface area contributed by atoms with E-state index < -0.39 is 19.9 Å². The third-order valence-corrected chi connectivity index (χ3v) is 3.68.